The molecule has 0 aromatic heterocycles. The minimum Gasteiger partial charge on any atom is -0.479 e. The Labute approximate surface area is 142 Å². The van der Waals surface area contributed by atoms with Gasteiger partial charge in [0.05, 0.1) is 0 Å². The van der Waals surface area contributed by atoms with Crippen LogP contribution in [0, 0.1) is 5.92 Å². The highest BCUT2D eigenvalue weighted by atomic mass is 16.4. The topological polar surface area (TPSA) is 77.8 Å². The number of hydrogen-bond donors (Lipinski definition) is 2. The predicted octanol–water partition coefficient (Wildman–Crippen LogP) is 2.40. The molecular weight excluding hydrogens is 306 g/mol. The van der Waals surface area contributed by atoms with E-state index in [2.05, 4.69) is 24.3 Å². The van der Waals surface area contributed by atoms with E-state index in [9.17, 15) is 14.7 Å². The summed E-state index contributed by atoms with van der Waals surface area (Å²) in [7, 11) is 0. The molecule has 0 bridgehead atoms. The molecule has 0 spiro atoms. The fourth-order valence-corrected chi connectivity index (χ4v) is 3.97. The molecule has 1 heterocycles. The van der Waals surface area contributed by atoms with Crippen molar-refractivity contribution in [3.05, 3.63) is 35.9 Å². The number of aliphatic hydroxyl groups is 1. The van der Waals surface area contributed by atoms with E-state index >= 15 is 0 Å². The number of carbonyl (C=O) groups excluding carboxylic acids is 1. The third kappa shape index (κ3) is 3.46. The molecule has 0 radical (unpaired) electrons. The number of carboxylic acid groups (broad SMARTS) is 1. The van der Waals surface area contributed by atoms with Crippen LogP contribution in [0.3, 0.4) is 0 Å². The van der Waals surface area contributed by atoms with E-state index in [0.717, 1.165) is 25.7 Å². The Morgan fingerprint density at radius 1 is 1.00 bits per heavy atom. The van der Waals surface area contributed by atoms with Crippen molar-refractivity contribution in [2.24, 2.45) is 5.92 Å². The van der Waals surface area contributed by atoms with E-state index in [1.165, 1.54) is 5.56 Å². The van der Waals surface area contributed by atoms with E-state index in [-0.39, 0.29) is 24.7 Å². The monoisotopic (exact) mass is 331 g/mol. The minimum atomic E-state index is -1.66. The third-order valence-electron chi connectivity index (χ3n) is 5.65. The van der Waals surface area contributed by atoms with Crippen molar-refractivity contribution in [3.63, 3.8) is 0 Å². The largest absolute Gasteiger partial charge is 0.479 e. The molecule has 1 saturated carbocycles. The lowest BCUT2D eigenvalue weighted by Crippen LogP contribution is -2.52. The number of amides is 1. The Bertz CT molecular complexity index is 585. The van der Waals surface area contributed by atoms with Crippen LogP contribution in [0.4, 0.5) is 0 Å². The molecule has 24 heavy (non-hydrogen) atoms. The molecule has 1 aliphatic carbocycles. The normalized spacial score (nSPS) is 26.8. The van der Waals surface area contributed by atoms with Crippen molar-refractivity contribution in [1.82, 2.24) is 4.90 Å². The van der Waals surface area contributed by atoms with Gasteiger partial charge < -0.3 is 15.1 Å². The van der Waals surface area contributed by atoms with Gasteiger partial charge in [0.15, 0.2) is 5.60 Å². The van der Waals surface area contributed by atoms with Gasteiger partial charge in [-0.05, 0) is 37.2 Å². The van der Waals surface area contributed by atoms with Gasteiger partial charge >= 0.3 is 5.97 Å². The lowest BCUT2D eigenvalue weighted by atomic mass is 9.78. The van der Waals surface area contributed by atoms with Crippen LogP contribution < -0.4 is 0 Å². The molecule has 0 unspecified atom stereocenters. The Kier molecular flexibility index (Phi) is 4.90. The Morgan fingerprint density at radius 3 is 2.12 bits per heavy atom. The number of carbonyl (C=O) groups is 2. The number of aliphatic carboxylic acids is 1. The van der Waals surface area contributed by atoms with Gasteiger partial charge in [-0.15, -0.1) is 0 Å². The first-order valence-corrected chi connectivity index (χ1v) is 8.79. The molecule has 1 aliphatic heterocycles. The van der Waals surface area contributed by atoms with Crippen LogP contribution in [0.15, 0.2) is 30.3 Å². The highest BCUT2D eigenvalue weighted by Crippen LogP contribution is 2.37. The molecule has 5 nitrogen and oxygen atoms in total. The molecule has 1 amide bonds. The Balaban J connectivity index is 1.52. The van der Waals surface area contributed by atoms with Crippen molar-refractivity contribution in [1.29, 1.82) is 0 Å². The van der Waals surface area contributed by atoms with Gasteiger partial charge in [0.2, 0.25) is 5.91 Å². The number of likely N-dealkylation sites (tertiary alicyclic amines) is 1. The van der Waals surface area contributed by atoms with Crippen molar-refractivity contribution < 1.29 is 19.8 Å². The van der Waals surface area contributed by atoms with Crippen molar-refractivity contribution in [3.8, 4) is 0 Å². The van der Waals surface area contributed by atoms with Gasteiger partial charge in [0.25, 0.3) is 0 Å². The van der Waals surface area contributed by atoms with E-state index in [1.54, 1.807) is 4.90 Å². The maximum atomic E-state index is 12.7. The fourth-order valence-electron chi connectivity index (χ4n) is 3.97. The molecule has 2 N–H and O–H groups in total. The fraction of sp³-hybridized carbons (Fsp3) is 0.579. The van der Waals surface area contributed by atoms with Gasteiger partial charge in [-0.25, -0.2) is 4.79 Å². The summed E-state index contributed by atoms with van der Waals surface area (Å²) < 4.78 is 0. The molecule has 0 atom stereocenters. The van der Waals surface area contributed by atoms with E-state index in [0.29, 0.717) is 19.0 Å². The second kappa shape index (κ2) is 6.93. The summed E-state index contributed by atoms with van der Waals surface area (Å²) in [6.45, 7) is 0.667. The van der Waals surface area contributed by atoms with Gasteiger partial charge in [-0.1, -0.05) is 30.3 Å². The summed E-state index contributed by atoms with van der Waals surface area (Å²) in [5.41, 5.74) is -0.310. The van der Waals surface area contributed by atoms with Crippen LogP contribution in [0.1, 0.15) is 50.0 Å². The average molecular weight is 331 g/mol. The Morgan fingerprint density at radius 2 is 1.58 bits per heavy atom. The number of carboxylic acids is 1. The maximum Gasteiger partial charge on any atom is 0.335 e. The van der Waals surface area contributed by atoms with Crippen LogP contribution in [0.2, 0.25) is 0 Å². The first-order valence-electron chi connectivity index (χ1n) is 8.79. The lowest BCUT2D eigenvalue weighted by Gasteiger charge is -2.38. The number of hydrogen-bond acceptors (Lipinski definition) is 3. The SMILES string of the molecule is O=C(C1CCC(c2ccccc2)CC1)N1CCC(O)(C(=O)O)CC1. The summed E-state index contributed by atoms with van der Waals surface area (Å²) in [5.74, 6) is -0.471. The van der Waals surface area contributed by atoms with Crippen LogP contribution in [-0.4, -0.2) is 45.7 Å². The molecule has 5 heteroatoms. The van der Waals surface area contributed by atoms with Gasteiger partial charge in [-0.3, -0.25) is 4.79 Å². The molecule has 1 aromatic rings. The van der Waals surface area contributed by atoms with Gasteiger partial charge in [0.1, 0.15) is 0 Å². The van der Waals surface area contributed by atoms with Crippen molar-refractivity contribution >= 4 is 11.9 Å². The summed E-state index contributed by atoms with van der Waals surface area (Å²) in [4.78, 5) is 25.5. The van der Waals surface area contributed by atoms with Crippen LogP contribution in [0.25, 0.3) is 0 Å². The maximum absolute atomic E-state index is 12.7. The van der Waals surface area contributed by atoms with Gasteiger partial charge in [0, 0.05) is 31.8 Å². The molecular formula is C19H25NO4. The van der Waals surface area contributed by atoms with Crippen LogP contribution in [-0.2, 0) is 9.59 Å². The molecule has 2 fully saturated rings. The second-order valence-electron chi connectivity index (χ2n) is 7.12. The number of piperidine rings is 1. The van der Waals surface area contributed by atoms with Crippen molar-refractivity contribution in [2.45, 2.75) is 50.0 Å². The predicted molar refractivity (Wildman–Crippen MR) is 89.5 cm³/mol. The average Bonchev–Trinajstić information content (AvgIpc) is 2.62. The number of rotatable bonds is 3. The summed E-state index contributed by atoms with van der Waals surface area (Å²) >= 11 is 0. The first kappa shape index (κ1) is 17.0. The zero-order chi connectivity index (χ0) is 17.2. The van der Waals surface area contributed by atoms with Crippen molar-refractivity contribution in [2.75, 3.05) is 13.1 Å². The van der Waals surface area contributed by atoms with E-state index in [4.69, 9.17) is 5.11 Å². The standard InChI is InChI=1S/C19H25NO4/c21-17(20-12-10-19(24,11-13-20)18(22)23)16-8-6-15(7-9-16)14-4-2-1-3-5-14/h1-5,15-16,24H,6-13H2,(H,22,23). The number of benzene rings is 1. The minimum absolute atomic E-state index is 0.0426. The van der Waals surface area contributed by atoms with E-state index < -0.39 is 11.6 Å². The van der Waals surface area contributed by atoms with Gasteiger partial charge in [-0.2, -0.15) is 0 Å². The summed E-state index contributed by atoms with van der Waals surface area (Å²) in [6.07, 6.45) is 4.05. The van der Waals surface area contributed by atoms with Crippen LogP contribution >= 0.6 is 0 Å². The summed E-state index contributed by atoms with van der Waals surface area (Å²) in [6, 6.07) is 10.5. The lowest BCUT2D eigenvalue weighted by molar-refractivity contribution is -0.166. The molecule has 1 aromatic carbocycles. The molecule has 3 rings (SSSR count). The van der Waals surface area contributed by atoms with E-state index in [1.807, 2.05) is 6.07 Å². The van der Waals surface area contributed by atoms with Crippen LogP contribution in [0.5, 0.6) is 0 Å². The number of nitrogens with zero attached hydrogens (tertiary/aromatic N) is 1. The summed E-state index contributed by atoms with van der Waals surface area (Å²) in [5, 5.41) is 19.0. The zero-order valence-electron chi connectivity index (χ0n) is 13.9. The quantitative estimate of drug-likeness (QED) is 0.891. The zero-order valence-corrected chi connectivity index (χ0v) is 13.9. The molecule has 1 saturated heterocycles. The Hall–Kier alpha value is -1.88. The third-order valence-corrected chi connectivity index (χ3v) is 5.65. The molecule has 2 aliphatic rings. The smallest absolute Gasteiger partial charge is 0.335 e. The highest BCUT2D eigenvalue weighted by Gasteiger charge is 2.41. The highest BCUT2D eigenvalue weighted by molar-refractivity contribution is 5.81. The second-order valence-corrected chi connectivity index (χ2v) is 7.12. The molecule has 130 valence electrons. The first-order chi connectivity index (χ1) is 11.5.